The molecule has 0 amide bonds. The largest absolute Gasteiger partial charge is 0.416 e. The Bertz CT molecular complexity index is 412. The summed E-state index contributed by atoms with van der Waals surface area (Å²) < 4.78 is 50.3. The minimum absolute atomic E-state index is 0.0473. The zero-order chi connectivity index (χ0) is 12.3. The highest BCUT2D eigenvalue weighted by molar-refractivity contribution is 5.98. The highest BCUT2D eigenvalue weighted by Crippen LogP contribution is 2.30. The first-order valence-electron chi connectivity index (χ1n) is 4.31. The molecule has 0 saturated carbocycles. The van der Waals surface area contributed by atoms with Crippen molar-refractivity contribution in [3.63, 3.8) is 0 Å². The standard InChI is InChI=1S/C10H9F4NO/c1-6(15-16-2)8-5-7(10(12,13)14)3-4-9(8)11/h3-5H,1-2H3. The first kappa shape index (κ1) is 12.5. The molecule has 0 N–H and O–H groups in total. The highest BCUT2D eigenvalue weighted by Gasteiger charge is 2.31. The van der Waals surface area contributed by atoms with Gasteiger partial charge < -0.3 is 4.84 Å². The van der Waals surface area contributed by atoms with E-state index in [4.69, 9.17) is 0 Å². The van der Waals surface area contributed by atoms with Crippen molar-refractivity contribution >= 4 is 5.71 Å². The normalized spacial score (nSPS) is 12.8. The van der Waals surface area contributed by atoms with E-state index in [2.05, 4.69) is 9.99 Å². The summed E-state index contributed by atoms with van der Waals surface area (Å²) in [6, 6.07) is 2.14. The molecule has 1 aromatic rings. The monoisotopic (exact) mass is 235 g/mol. The Hall–Kier alpha value is -1.59. The van der Waals surface area contributed by atoms with Crippen LogP contribution in [0.3, 0.4) is 0 Å². The van der Waals surface area contributed by atoms with Gasteiger partial charge in [0.15, 0.2) is 0 Å². The fourth-order valence-corrected chi connectivity index (χ4v) is 1.16. The molecule has 0 aliphatic carbocycles. The molecule has 6 heteroatoms. The second-order valence-electron chi connectivity index (χ2n) is 3.05. The van der Waals surface area contributed by atoms with Gasteiger partial charge in [0.2, 0.25) is 0 Å². The minimum Gasteiger partial charge on any atom is -0.399 e. The van der Waals surface area contributed by atoms with Crippen molar-refractivity contribution in [3.8, 4) is 0 Å². The number of rotatable bonds is 2. The lowest BCUT2D eigenvalue weighted by molar-refractivity contribution is -0.137. The maximum absolute atomic E-state index is 13.2. The molecular formula is C10H9F4NO. The van der Waals surface area contributed by atoms with Crippen molar-refractivity contribution < 1.29 is 22.4 Å². The van der Waals surface area contributed by atoms with Gasteiger partial charge >= 0.3 is 6.18 Å². The van der Waals surface area contributed by atoms with E-state index in [9.17, 15) is 17.6 Å². The molecular weight excluding hydrogens is 226 g/mol. The fraction of sp³-hybridized carbons (Fsp3) is 0.300. The van der Waals surface area contributed by atoms with Crippen molar-refractivity contribution in [2.75, 3.05) is 7.11 Å². The van der Waals surface area contributed by atoms with Gasteiger partial charge in [-0.05, 0) is 25.1 Å². The summed E-state index contributed by atoms with van der Waals surface area (Å²) >= 11 is 0. The van der Waals surface area contributed by atoms with Crippen LogP contribution < -0.4 is 0 Å². The lowest BCUT2D eigenvalue weighted by atomic mass is 10.1. The lowest BCUT2D eigenvalue weighted by Gasteiger charge is -2.09. The van der Waals surface area contributed by atoms with Crippen LogP contribution in [0.2, 0.25) is 0 Å². The molecule has 2 nitrogen and oxygen atoms in total. The Morgan fingerprint density at radius 2 is 1.94 bits per heavy atom. The van der Waals surface area contributed by atoms with Crippen LogP contribution in [0.4, 0.5) is 17.6 Å². The third-order valence-electron chi connectivity index (χ3n) is 1.91. The van der Waals surface area contributed by atoms with E-state index >= 15 is 0 Å². The molecule has 1 aromatic carbocycles. The fourth-order valence-electron chi connectivity index (χ4n) is 1.16. The molecule has 0 bridgehead atoms. The van der Waals surface area contributed by atoms with Gasteiger partial charge in [-0.3, -0.25) is 0 Å². The number of oxime groups is 1. The molecule has 0 fully saturated rings. The van der Waals surface area contributed by atoms with E-state index in [1.807, 2.05) is 0 Å². The van der Waals surface area contributed by atoms with E-state index in [0.29, 0.717) is 12.1 Å². The molecule has 0 radical (unpaired) electrons. The average Bonchev–Trinajstić information content (AvgIpc) is 2.16. The van der Waals surface area contributed by atoms with Gasteiger partial charge in [0.05, 0.1) is 11.3 Å². The summed E-state index contributed by atoms with van der Waals surface area (Å²) in [5.41, 5.74) is -1.10. The van der Waals surface area contributed by atoms with Crippen LogP contribution in [0.5, 0.6) is 0 Å². The Morgan fingerprint density at radius 1 is 1.31 bits per heavy atom. The zero-order valence-corrected chi connectivity index (χ0v) is 8.60. The average molecular weight is 235 g/mol. The van der Waals surface area contributed by atoms with E-state index in [0.717, 1.165) is 6.07 Å². The molecule has 0 saturated heterocycles. The molecule has 88 valence electrons. The molecule has 0 aliphatic rings. The highest BCUT2D eigenvalue weighted by atomic mass is 19.4. The van der Waals surface area contributed by atoms with Crippen LogP contribution in [0, 0.1) is 5.82 Å². The third kappa shape index (κ3) is 2.71. The molecule has 0 aliphatic heterocycles. The number of hydrogen-bond acceptors (Lipinski definition) is 2. The van der Waals surface area contributed by atoms with Gasteiger partial charge in [-0.25, -0.2) is 4.39 Å². The second-order valence-corrected chi connectivity index (χ2v) is 3.05. The molecule has 0 heterocycles. The zero-order valence-electron chi connectivity index (χ0n) is 8.60. The van der Waals surface area contributed by atoms with Crippen LogP contribution in [0.15, 0.2) is 23.4 Å². The maximum atomic E-state index is 13.2. The lowest BCUT2D eigenvalue weighted by Crippen LogP contribution is -2.08. The summed E-state index contributed by atoms with van der Waals surface area (Å²) in [5, 5.41) is 3.39. The van der Waals surface area contributed by atoms with Crippen LogP contribution >= 0.6 is 0 Å². The van der Waals surface area contributed by atoms with Gasteiger partial charge in [0, 0.05) is 5.56 Å². The van der Waals surface area contributed by atoms with Crippen molar-refractivity contribution in [2.45, 2.75) is 13.1 Å². The number of hydrogen-bond donors (Lipinski definition) is 0. The minimum atomic E-state index is -4.50. The Morgan fingerprint density at radius 3 is 2.44 bits per heavy atom. The molecule has 0 unspecified atom stereocenters. The van der Waals surface area contributed by atoms with Gasteiger partial charge in [-0.1, -0.05) is 5.16 Å². The summed E-state index contributed by atoms with van der Waals surface area (Å²) in [6.45, 7) is 1.36. The molecule has 1 rings (SSSR count). The van der Waals surface area contributed by atoms with Crippen molar-refractivity contribution in [2.24, 2.45) is 5.16 Å². The molecule has 0 aromatic heterocycles. The predicted octanol–water partition coefficient (Wildman–Crippen LogP) is 3.21. The van der Waals surface area contributed by atoms with Crippen LogP contribution in [-0.2, 0) is 11.0 Å². The van der Waals surface area contributed by atoms with Crippen molar-refractivity contribution in [1.82, 2.24) is 0 Å². The summed E-state index contributed by atoms with van der Waals surface area (Å²) in [6.07, 6.45) is -4.50. The van der Waals surface area contributed by atoms with E-state index in [-0.39, 0.29) is 11.3 Å². The van der Waals surface area contributed by atoms with Gasteiger partial charge in [0.1, 0.15) is 12.9 Å². The Labute approximate surface area is 89.5 Å². The maximum Gasteiger partial charge on any atom is 0.416 e. The van der Waals surface area contributed by atoms with Crippen molar-refractivity contribution in [1.29, 1.82) is 0 Å². The summed E-state index contributed by atoms with van der Waals surface area (Å²) in [7, 11) is 1.23. The third-order valence-corrected chi connectivity index (χ3v) is 1.91. The van der Waals surface area contributed by atoms with Crippen LogP contribution in [0.25, 0.3) is 0 Å². The van der Waals surface area contributed by atoms with Crippen molar-refractivity contribution in [3.05, 3.63) is 35.1 Å². The Balaban J connectivity index is 3.24. The topological polar surface area (TPSA) is 21.6 Å². The number of alkyl halides is 3. The van der Waals surface area contributed by atoms with Crippen LogP contribution in [-0.4, -0.2) is 12.8 Å². The quantitative estimate of drug-likeness (QED) is 0.438. The second kappa shape index (κ2) is 4.51. The SMILES string of the molecule is CON=C(C)c1cc(C(F)(F)F)ccc1F. The first-order chi connectivity index (χ1) is 7.36. The predicted molar refractivity (Wildman–Crippen MR) is 50.6 cm³/mol. The van der Waals surface area contributed by atoms with E-state index < -0.39 is 17.6 Å². The first-order valence-corrected chi connectivity index (χ1v) is 4.31. The summed E-state index contributed by atoms with van der Waals surface area (Å²) in [5.74, 6) is -0.772. The summed E-state index contributed by atoms with van der Waals surface area (Å²) in [4.78, 5) is 4.38. The Kier molecular flexibility index (Phi) is 3.51. The smallest absolute Gasteiger partial charge is 0.399 e. The molecule has 0 spiro atoms. The number of nitrogens with zero attached hydrogens (tertiary/aromatic N) is 1. The van der Waals surface area contributed by atoms with Crippen LogP contribution in [0.1, 0.15) is 18.1 Å². The molecule has 16 heavy (non-hydrogen) atoms. The number of halogens is 4. The van der Waals surface area contributed by atoms with Gasteiger partial charge in [-0.15, -0.1) is 0 Å². The number of benzene rings is 1. The van der Waals surface area contributed by atoms with Gasteiger partial charge in [-0.2, -0.15) is 13.2 Å². The van der Waals surface area contributed by atoms with E-state index in [1.54, 1.807) is 0 Å². The van der Waals surface area contributed by atoms with Gasteiger partial charge in [0.25, 0.3) is 0 Å². The molecule has 0 atom stereocenters. The van der Waals surface area contributed by atoms with E-state index in [1.165, 1.54) is 14.0 Å².